The second-order valence-corrected chi connectivity index (χ2v) is 5.00. The lowest BCUT2D eigenvalue weighted by atomic mass is 9.85. The molecule has 0 atom stereocenters. The number of H-pyrrole nitrogens is 1. The largest absolute Gasteiger partial charge is 0.345 e. The maximum atomic E-state index is 14.3. The topological polar surface area (TPSA) is 28.7 Å². The number of nitrogens with one attached hydrogen (secondary N) is 1. The first-order valence-electron chi connectivity index (χ1n) is 5.38. The summed E-state index contributed by atoms with van der Waals surface area (Å²) in [7, 11) is 0. The van der Waals surface area contributed by atoms with E-state index < -0.39 is 17.0 Å². The Morgan fingerprint density at radius 3 is 2.41 bits per heavy atom. The Kier molecular flexibility index (Phi) is 2.73. The van der Waals surface area contributed by atoms with Crippen molar-refractivity contribution in [2.45, 2.75) is 26.2 Å². The summed E-state index contributed by atoms with van der Waals surface area (Å²) in [4.78, 5) is 6.66. The van der Waals surface area contributed by atoms with Crippen molar-refractivity contribution in [1.29, 1.82) is 0 Å². The fourth-order valence-electron chi connectivity index (χ4n) is 1.85. The molecule has 90 valence electrons. The average molecular weight is 236 g/mol. The van der Waals surface area contributed by atoms with E-state index in [0.717, 1.165) is 0 Å². The smallest absolute Gasteiger partial charge is 0.139 e. The number of benzene rings is 1. The van der Waals surface area contributed by atoms with Crippen LogP contribution in [0.1, 0.15) is 26.3 Å². The van der Waals surface area contributed by atoms with Gasteiger partial charge in [0, 0.05) is 11.1 Å². The summed E-state index contributed by atoms with van der Waals surface area (Å²) in [6.07, 6.45) is 2.98. The molecule has 0 bridgehead atoms. The molecule has 0 saturated carbocycles. The Hall–Kier alpha value is -1.71. The van der Waals surface area contributed by atoms with E-state index in [4.69, 9.17) is 0 Å². The molecule has 0 fully saturated rings. The number of hydrogen-bond donors (Lipinski definition) is 1. The Morgan fingerprint density at radius 2 is 1.88 bits per heavy atom. The van der Waals surface area contributed by atoms with Crippen LogP contribution in [0.15, 0.2) is 24.7 Å². The molecule has 0 saturated heterocycles. The molecule has 1 aromatic heterocycles. The van der Waals surface area contributed by atoms with Gasteiger partial charge in [-0.05, 0) is 17.5 Å². The summed E-state index contributed by atoms with van der Waals surface area (Å²) in [6, 6.07) is 2.72. The average Bonchev–Trinajstić information content (AvgIpc) is 2.68. The van der Waals surface area contributed by atoms with Crippen LogP contribution in [-0.2, 0) is 5.41 Å². The molecular formula is C13H14F2N2. The molecule has 0 amide bonds. The summed E-state index contributed by atoms with van der Waals surface area (Å²) >= 11 is 0. The van der Waals surface area contributed by atoms with Crippen molar-refractivity contribution in [1.82, 2.24) is 9.97 Å². The molecule has 0 aliphatic rings. The first-order chi connectivity index (χ1) is 7.91. The van der Waals surface area contributed by atoms with Crippen LogP contribution >= 0.6 is 0 Å². The second kappa shape index (κ2) is 3.95. The quantitative estimate of drug-likeness (QED) is 0.804. The van der Waals surface area contributed by atoms with Crippen LogP contribution in [0.4, 0.5) is 8.78 Å². The number of aromatic nitrogens is 2. The van der Waals surface area contributed by atoms with Gasteiger partial charge in [0.2, 0.25) is 0 Å². The molecule has 0 spiro atoms. The van der Waals surface area contributed by atoms with Gasteiger partial charge in [-0.2, -0.15) is 0 Å². The van der Waals surface area contributed by atoms with E-state index >= 15 is 0 Å². The number of halogens is 2. The normalized spacial score (nSPS) is 11.8. The Morgan fingerprint density at radius 1 is 1.18 bits per heavy atom. The van der Waals surface area contributed by atoms with Gasteiger partial charge in [0.25, 0.3) is 0 Å². The predicted octanol–water partition coefficient (Wildman–Crippen LogP) is 3.65. The van der Waals surface area contributed by atoms with Crippen molar-refractivity contribution in [2.75, 3.05) is 0 Å². The van der Waals surface area contributed by atoms with Crippen LogP contribution in [0, 0.1) is 11.6 Å². The van der Waals surface area contributed by atoms with Crippen LogP contribution in [0.2, 0.25) is 0 Å². The summed E-state index contributed by atoms with van der Waals surface area (Å²) < 4.78 is 28.0. The predicted molar refractivity (Wildman–Crippen MR) is 62.6 cm³/mol. The van der Waals surface area contributed by atoms with Crippen molar-refractivity contribution in [3.05, 3.63) is 41.9 Å². The minimum atomic E-state index is -0.579. The molecule has 0 aliphatic heterocycles. The summed E-state index contributed by atoms with van der Waals surface area (Å²) in [5, 5.41) is 0. The maximum Gasteiger partial charge on any atom is 0.139 e. The SMILES string of the molecule is CC(C)(C)c1c(F)ccc(-c2cnc[nH]2)c1F. The fraction of sp³-hybridized carbons (Fsp3) is 0.308. The molecule has 0 radical (unpaired) electrons. The van der Waals surface area contributed by atoms with E-state index in [-0.39, 0.29) is 5.56 Å². The molecule has 2 nitrogen and oxygen atoms in total. The number of rotatable bonds is 1. The number of nitrogens with zero attached hydrogens (tertiary/aromatic N) is 1. The maximum absolute atomic E-state index is 14.3. The standard InChI is InChI=1S/C13H14F2N2/c1-13(2,3)11-9(14)5-4-8(12(11)15)10-6-16-7-17-10/h4-7H,1-3H3,(H,16,17). The molecular weight excluding hydrogens is 222 g/mol. The molecule has 4 heteroatoms. The molecule has 2 rings (SSSR count). The van der Waals surface area contributed by atoms with Crippen LogP contribution in [-0.4, -0.2) is 9.97 Å². The van der Waals surface area contributed by atoms with Gasteiger partial charge in [0.05, 0.1) is 18.2 Å². The van der Waals surface area contributed by atoms with Gasteiger partial charge in [-0.1, -0.05) is 20.8 Å². The summed E-state index contributed by atoms with van der Waals surface area (Å²) in [6.45, 7) is 5.35. The van der Waals surface area contributed by atoms with Crippen LogP contribution < -0.4 is 0 Å². The van der Waals surface area contributed by atoms with E-state index in [9.17, 15) is 8.78 Å². The van der Waals surface area contributed by atoms with Gasteiger partial charge >= 0.3 is 0 Å². The van der Waals surface area contributed by atoms with Crippen LogP contribution in [0.5, 0.6) is 0 Å². The number of aromatic amines is 1. The highest BCUT2D eigenvalue weighted by atomic mass is 19.1. The lowest BCUT2D eigenvalue weighted by Gasteiger charge is -2.21. The second-order valence-electron chi connectivity index (χ2n) is 5.00. The van der Waals surface area contributed by atoms with Crippen molar-refractivity contribution < 1.29 is 8.78 Å². The third-order valence-electron chi connectivity index (χ3n) is 2.63. The monoisotopic (exact) mass is 236 g/mol. The molecule has 17 heavy (non-hydrogen) atoms. The lowest BCUT2D eigenvalue weighted by Crippen LogP contribution is -2.16. The van der Waals surface area contributed by atoms with Crippen molar-refractivity contribution in [2.24, 2.45) is 0 Å². The lowest BCUT2D eigenvalue weighted by molar-refractivity contribution is 0.477. The fourth-order valence-corrected chi connectivity index (χ4v) is 1.85. The zero-order chi connectivity index (χ0) is 12.6. The molecule has 1 heterocycles. The third kappa shape index (κ3) is 2.07. The highest BCUT2D eigenvalue weighted by Gasteiger charge is 2.25. The highest BCUT2D eigenvalue weighted by molar-refractivity contribution is 5.61. The van der Waals surface area contributed by atoms with Crippen molar-refractivity contribution >= 4 is 0 Å². The van der Waals surface area contributed by atoms with E-state index in [0.29, 0.717) is 11.3 Å². The molecule has 1 N–H and O–H groups in total. The van der Waals surface area contributed by atoms with Gasteiger partial charge in [-0.3, -0.25) is 0 Å². The van der Waals surface area contributed by atoms with Gasteiger partial charge in [0.15, 0.2) is 0 Å². The van der Waals surface area contributed by atoms with E-state index in [1.165, 1.54) is 24.7 Å². The number of hydrogen-bond acceptors (Lipinski definition) is 1. The highest BCUT2D eigenvalue weighted by Crippen LogP contribution is 2.32. The van der Waals surface area contributed by atoms with Crippen LogP contribution in [0.3, 0.4) is 0 Å². The van der Waals surface area contributed by atoms with E-state index in [1.54, 1.807) is 20.8 Å². The van der Waals surface area contributed by atoms with Gasteiger partial charge < -0.3 is 4.98 Å². The molecule has 1 aromatic carbocycles. The minimum absolute atomic E-state index is 0.101. The van der Waals surface area contributed by atoms with E-state index in [2.05, 4.69) is 9.97 Å². The minimum Gasteiger partial charge on any atom is -0.345 e. The molecule has 0 unspecified atom stereocenters. The van der Waals surface area contributed by atoms with Crippen molar-refractivity contribution in [3.63, 3.8) is 0 Å². The summed E-state index contributed by atoms with van der Waals surface area (Å²) in [5.41, 5.74) is 0.413. The zero-order valence-corrected chi connectivity index (χ0v) is 10.0. The van der Waals surface area contributed by atoms with Crippen LogP contribution in [0.25, 0.3) is 11.3 Å². The van der Waals surface area contributed by atoms with Gasteiger partial charge in [0.1, 0.15) is 11.6 Å². The van der Waals surface area contributed by atoms with Crippen molar-refractivity contribution in [3.8, 4) is 11.3 Å². The Labute approximate surface area is 98.7 Å². The number of imidazole rings is 1. The van der Waals surface area contributed by atoms with Gasteiger partial charge in [-0.15, -0.1) is 0 Å². The first-order valence-corrected chi connectivity index (χ1v) is 5.38. The van der Waals surface area contributed by atoms with E-state index in [1.807, 2.05) is 0 Å². The summed E-state index contributed by atoms with van der Waals surface area (Å²) in [5.74, 6) is -1.04. The first kappa shape index (κ1) is 11.8. The van der Waals surface area contributed by atoms with Gasteiger partial charge in [-0.25, -0.2) is 13.8 Å². The Bertz CT molecular complexity index is 525. The molecule has 2 aromatic rings. The molecule has 0 aliphatic carbocycles. The Balaban J connectivity index is 2.66. The zero-order valence-electron chi connectivity index (χ0n) is 10.0. The third-order valence-corrected chi connectivity index (χ3v) is 2.63.